The Labute approximate surface area is 63.8 Å². The van der Waals surface area contributed by atoms with Crippen LogP contribution in [0.15, 0.2) is 0 Å². The summed E-state index contributed by atoms with van der Waals surface area (Å²) in [6.07, 6.45) is 0. The van der Waals surface area contributed by atoms with Crippen molar-refractivity contribution < 1.29 is 15.0 Å². The van der Waals surface area contributed by atoms with Gasteiger partial charge in [-0.25, -0.2) is 4.79 Å². The van der Waals surface area contributed by atoms with E-state index in [9.17, 15) is 4.79 Å². The molecule has 1 heterocycles. The second-order valence-corrected chi connectivity index (χ2v) is 2.78. The Morgan fingerprint density at radius 1 is 1.64 bits per heavy atom. The number of carboxylic acid groups (broad SMARTS) is 1. The molecule has 1 saturated heterocycles. The first kappa shape index (κ1) is 8.00. The molecular formula is C6H10N2O3. The van der Waals surface area contributed by atoms with Crippen LogP contribution in [0.1, 0.15) is 6.92 Å². The van der Waals surface area contributed by atoms with E-state index in [4.69, 9.17) is 15.6 Å². The maximum Gasteiger partial charge on any atom is 0.339 e. The third kappa shape index (κ3) is 1.19. The average molecular weight is 158 g/mol. The number of nitrogens with one attached hydrogen (secondary N) is 1. The van der Waals surface area contributed by atoms with Crippen LogP contribution in [-0.2, 0) is 4.79 Å². The Hall–Kier alpha value is -1.10. The van der Waals surface area contributed by atoms with E-state index in [-0.39, 0.29) is 18.9 Å². The van der Waals surface area contributed by atoms with Gasteiger partial charge in [-0.1, -0.05) is 0 Å². The molecule has 0 spiro atoms. The molecule has 0 amide bonds. The van der Waals surface area contributed by atoms with Gasteiger partial charge in [0, 0.05) is 0 Å². The maximum absolute atomic E-state index is 10.3. The lowest BCUT2D eigenvalue weighted by atomic mass is 9.94. The number of hydrogen-bond donors (Lipinski definition) is 3. The molecule has 0 atom stereocenters. The van der Waals surface area contributed by atoms with Crippen molar-refractivity contribution in [2.24, 2.45) is 0 Å². The standard InChI is InChI=1S/C6H10N2O3/c1-4(7)8-2-6(11,3-8)5(9)10/h7,11H,2-3H2,1H3,(H,9,10). The fourth-order valence-corrected chi connectivity index (χ4v) is 0.958. The zero-order valence-corrected chi connectivity index (χ0v) is 6.16. The van der Waals surface area contributed by atoms with Crippen LogP contribution in [0, 0.1) is 5.41 Å². The van der Waals surface area contributed by atoms with Gasteiger partial charge >= 0.3 is 5.97 Å². The maximum atomic E-state index is 10.3. The highest BCUT2D eigenvalue weighted by Crippen LogP contribution is 2.20. The molecule has 1 aliphatic rings. The van der Waals surface area contributed by atoms with Crippen LogP contribution >= 0.6 is 0 Å². The smallest absolute Gasteiger partial charge is 0.339 e. The zero-order chi connectivity index (χ0) is 8.65. The molecule has 5 heteroatoms. The summed E-state index contributed by atoms with van der Waals surface area (Å²) >= 11 is 0. The number of nitrogens with zero attached hydrogens (tertiary/aromatic N) is 1. The Bertz CT molecular complexity index is 208. The van der Waals surface area contributed by atoms with E-state index < -0.39 is 11.6 Å². The minimum absolute atomic E-state index is 0.0255. The van der Waals surface area contributed by atoms with Crippen LogP contribution in [0.25, 0.3) is 0 Å². The largest absolute Gasteiger partial charge is 0.479 e. The third-order valence-corrected chi connectivity index (χ3v) is 1.78. The van der Waals surface area contributed by atoms with Gasteiger partial charge in [0.05, 0.1) is 18.9 Å². The fraction of sp³-hybridized carbons (Fsp3) is 0.667. The number of carbonyl (C=O) groups is 1. The molecule has 0 radical (unpaired) electrons. The number of amidine groups is 1. The summed E-state index contributed by atoms with van der Waals surface area (Å²) < 4.78 is 0. The van der Waals surface area contributed by atoms with Crippen molar-refractivity contribution in [2.45, 2.75) is 12.5 Å². The molecule has 0 saturated carbocycles. The topological polar surface area (TPSA) is 84.6 Å². The molecule has 1 rings (SSSR count). The molecule has 0 unspecified atom stereocenters. The van der Waals surface area contributed by atoms with Gasteiger partial charge in [-0.2, -0.15) is 0 Å². The minimum atomic E-state index is -1.62. The van der Waals surface area contributed by atoms with Crippen LogP contribution in [0.4, 0.5) is 0 Å². The quantitative estimate of drug-likeness (QED) is 0.341. The summed E-state index contributed by atoms with van der Waals surface area (Å²) in [5.74, 6) is -0.925. The normalized spacial score (nSPS) is 20.7. The fourth-order valence-electron chi connectivity index (χ4n) is 0.958. The molecule has 0 aromatic heterocycles. The van der Waals surface area contributed by atoms with Crippen molar-refractivity contribution >= 4 is 11.8 Å². The highest BCUT2D eigenvalue weighted by Gasteiger charge is 2.48. The first-order valence-corrected chi connectivity index (χ1v) is 3.21. The van der Waals surface area contributed by atoms with Gasteiger partial charge in [-0.3, -0.25) is 5.41 Å². The number of rotatable bonds is 1. The summed E-state index contributed by atoms with van der Waals surface area (Å²) in [5.41, 5.74) is -1.62. The molecule has 1 aliphatic heterocycles. The van der Waals surface area contributed by atoms with Gasteiger partial charge in [0.2, 0.25) is 0 Å². The predicted octanol–water partition coefficient (Wildman–Crippen LogP) is -0.885. The Morgan fingerprint density at radius 3 is 2.36 bits per heavy atom. The molecule has 5 nitrogen and oxygen atoms in total. The summed E-state index contributed by atoms with van der Waals surface area (Å²) in [6.45, 7) is 1.61. The predicted molar refractivity (Wildman–Crippen MR) is 37.6 cm³/mol. The Balaban J connectivity index is 2.50. The second-order valence-electron chi connectivity index (χ2n) is 2.78. The number of carboxylic acids is 1. The van der Waals surface area contributed by atoms with E-state index in [2.05, 4.69) is 0 Å². The van der Waals surface area contributed by atoms with Crippen LogP contribution in [0.3, 0.4) is 0 Å². The van der Waals surface area contributed by atoms with Crippen LogP contribution in [0.2, 0.25) is 0 Å². The van der Waals surface area contributed by atoms with Crippen molar-refractivity contribution in [3.05, 3.63) is 0 Å². The molecule has 0 aromatic carbocycles. The Morgan fingerprint density at radius 2 is 2.09 bits per heavy atom. The number of β-amino-alcohol motifs (C(OH)–C–C–N with tert-alkyl or cyclic N) is 1. The third-order valence-electron chi connectivity index (χ3n) is 1.78. The van der Waals surface area contributed by atoms with Gasteiger partial charge in [0.1, 0.15) is 0 Å². The Kier molecular flexibility index (Phi) is 1.60. The van der Waals surface area contributed by atoms with Crippen molar-refractivity contribution in [2.75, 3.05) is 13.1 Å². The van der Waals surface area contributed by atoms with Gasteiger partial charge in [-0.05, 0) is 6.92 Å². The molecule has 62 valence electrons. The summed E-state index contributed by atoms with van der Waals surface area (Å²) in [5, 5.41) is 24.7. The van der Waals surface area contributed by atoms with E-state index in [0.29, 0.717) is 0 Å². The molecule has 0 bridgehead atoms. The number of aliphatic carboxylic acids is 1. The van der Waals surface area contributed by atoms with Crippen LogP contribution in [0.5, 0.6) is 0 Å². The molecular weight excluding hydrogens is 148 g/mol. The summed E-state index contributed by atoms with van der Waals surface area (Å²) in [7, 11) is 0. The van der Waals surface area contributed by atoms with Crippen molar-refractivity contribution in [3.63, 3.8) is 0 Å². The lowest BCUT2D eigenvalue weighted by molar-refractivity contribution is -0.171. The second kappa shape index (κ2) is 2.20. The van der Waals surface area contributed by atoms with Crippen molar-refractivity contribution in [1.82, 2.24) is 4.90 Å². The SMILES string of the molecule is CC(=N)N1CC(O)(C(=O)O)C1. The first-order chi connectivity index (χ1) is 4.96. The lowest BCUT2D eigenvalue weighted by Gasteiger charge is -2.43. The highest BCUT2D eigenvalue weighted by molar-refractivity contribution is 5.85. The monoisotopic (exact) mass is 158 g/mol. The van der Waals surface area contributed by atoms with E-state index >= 15 is 0 Å². The molecule has 0 aliphatic carbocycles. The molecule has 1 fully saturated rings. The minimum Gasteiger partial charge on any atom is -0.479 e. The van der Waals surface area contributed by atoms with Crippen molar-refractivity contribution in [3.8, 4) is 0 Å². The molecule has 3 N–H and O–H groups in total. The van der Waals surface area contributed by atoms with Gasteiger partial charge < -0.3 is 15.1 Å². The van der Waals surface area contributed by atoms with Gasteiger partial charge in [0.15, 0.2) is 5.60 Å². The van der Waals surface area contributed by atoms with Gasteiger partial charge in [0.25, 0.3) is 0 Å². The van der Waals surface area contributed by atoms with Gasteiger partial charge in [-0.15, -0.1) is 0 Å². The van der Waals surface area contributed by atoms with Crippen molar-refractivity contribution in [1.29, 1.82) is 5.41 Å². The molecule has 0 aromatic rings. The average Bonchev–Trinajstić information content (AvgIpc) is 1.79. The van der Waals surface area contributed by atoms with E-state index in [1.807, 2.05) is 0 Å². The van der Waals surface area contributed by atoms with Crippen LogP contribution in [-0.4, -0.2) is 45.6 Å². The highest BCUT2D eigenvalue weighted by atomic mass is 16.4. The number of hydrogen-bond acceptors (Lipinski definition) is 3. The number of aliphatic hydroxyl groups is 1. The van der Waals surface area contributed by atoms with E-state index in [0.717, 1.165) is 0 Å². The summed E-state index contributed by atoms with van der Waals surface area (Å²) in [6, 6.07) is 0. The number of likely N-dealkylation sites (tertiary alicyclic amines) is 1. The zero-order valence-electron chi connectivity index (χ0n) is 6.16. The first-order valence-electron chi connectivity index (χ1n) is 3.21. The van der Waals surface area contributed by atoms with E-state index in [1.54, 1.807) is 6.92 Å². The molecule has 11 heavy (non-hydrogen) atoms. The van der Waals surface area contributed by atoms with Crippen LogP contribution < -0.4 is 0 Å². The van der Waals surface area contributed by atoms with E-state index in [1.165, 1.54) is 4.90 Å². The lowest BCUT2D eigenvalue weighted by Crippen LogP contribution is -2.66. The summed E-state index contributed by atoms with van der Waals surface area (Å²) in [4.78, 5) is 11.8.